The van der Waals surface area contributed by atoms with Gasteiger partial charge < -0.3 is 5.32 Å². The maximum absolute atomic E-state index is 4.49. The molecule has 72 valence electrons. The minimum atomic E-state index is 0.869. The molecule has 1 aromatic carbocycles. The van der Waals surface area contributed by atoms with Crippen molar-refractivity contribution in [3.05, 3.63) is 30.0 Å². The molecule has 1 N–H and O–H groups in total. The third-order valence-electron chi connectivity index (χ3n) is 2.09. The molecule has 0 radical (unpaired) electrons. The summed E-state index contributed by atoms with van der Waals surface area (Å²) in [5, 5.41) is 3.19. The molecular formula is C11H13N3. The van der Waals surface area contributed by atoms with Gasteiger partial charge in [0.15, 0.2) is 0 Å². The fourth-order valence-electron chi connectivity index (χ4n) is 1.42. The predicted molar refractivity (Wildman–Crippen MR) is 58.4 cm³/mol. The van der Waals surface area contributed by atoms with Crippen LogP contribution in [0.1, 0.15) is 12.6 Å². The van der Waals surface area contributed by atoms with Gasteiger partial charge in [-0.3, -0.25) is 0 Å². The average Bonchev–Trinajstić information content (AvgIpc) is 2.19. The Hall–Kier alpha value is -1.64. The SMILES string of the molecule is CCNc1nc2ccccc2nc1C. The van der Waals surface area contributed by atoms with E-state index in [-0.39, 0.29) is 0 Å². The topological polar surface area (TPSA) is 37.8 Å². The Morgan fingerprint density at radius 2 is 1.79 bits per heavy atom. The van der Waals surface area contributed by atoms with Gasteiger partial charge in [-0.15, -0.1) is 0 Å². The number of benzene rings is 1. The van der Waals surface area contributed by atoms with Crippen molar-refractivity contribution in [2.45, 2.75) is 13.8 Å². The van der Waals surface area contributed by atoms with Crippen LogP contribution in [0.3, 0.4) is 0 Å². The lowest BCUT2D eigenvalue weighted by Crippen LogP contribution is -2.03. The van der Waals surface area contributed by atoms with E-state index < -0.39 is 0 Å². The highest BCUT2D eigenvalue weighted by Crippen LogP contribution is 2.15. The molecule has 1 heterocycles. The van der Waals surface area contributed by atoms with Gasteiger partial charge in [0.1, 0.15) is 5.82 Å². The number of rotatable bonds is 2. The second-order valence-electron chi connectivity index (χ2n) is 3.18. The molecule has 0 spiro atoms. The van der Waals surface area contributed by atoms with E-state index in [2.05, 4.69) is 22.2 Å². The second-order valence-corrected chi connectivity index (χ2v) is 3.18. The van der Waals surface area contributed by atoms with Crippen molar-refractivity contribution in [3.63, 3.8) is 0 Å². The molecule has 2 rings (SSSR count). The van der Waals surface area contributed by atoms with Gasteiger partial charge >= 0.3 is 0 Å². The summed E-state index contributed by atoms with van der Waals surface area (Å²) in [6.45, 7) is 4.89. The Labute approximate surface area is 83.2 Å². The molecule has 0 aliphatic carbocycles. The van der Waals surface area contributed by atoms with Gasteiger partial charge in [-0.1, -0.05) is 12.1 Å². The highest BCUT2D eigenvalue weighted by molar-refractivity contribution is 5.76. The third-order valence-corrected chi connectivity index (χ3v) is 2.09. The van der Waals surface area contributed by atoms with Gasteiger partial charge in [-0.05, 0) is 26.0 Å². The Morgan fingerprint density at radius 1 is 1.14 bits per heavy atom. The molecular weight excluding hydrogens is 174 g/mol. The van der Waals surface area contributed by atoms with E-state index in [1.54, 1.807) is 0 Å². The molecule has 0 amide bonds. The van der Waals surface area contributed by atoms with E-state index in [1.807, 2.05) is 31.2 Å². The smallest absolute Gasteiger partial charge is 0.148 e. The first kappa shape index (κ1) is 8.94. The van der Waals surface area contributed by atoms with Crippen molar-refractivity contribution in [1.82, 2.24) is 9.97 Å². The van der Waals surface area contributed by atoms with Gasteiger partial charge in [0, 0.05) is 6.54 Å². The molecule has 0 bridgehead atoms. The molecule has 3 nitrogen and oxygen atoms in total. The largest absolute Gasteiger partial charge is 0.369 e. The van der Waals surface area contributed by atoms with Crippen molar-refractivity contribution in [2.75, 3.05) is 11.9 Å². The first-order valence-corrected chi connectivity index (χ1v) is 4.78. The summed E-state index contributed by atoms with van der Waals surface area (Å²) in [6, 6.07) is 7.90. The van der Waals surface area contributed by atoms with Crippen molar-refractivity contribution < 1.29 is 0 Å². The van der Waals surface area contributed by atoms with E-state index >= 15 is 0 Å². The van der Waals surface area contributed by atoms with Crippen LogP contribution in [0.4, 0.5) is 5.82 Å². The molecule has 14 heavy (non-hydrogen) atoms. The summed E-state index contributed by atoms with van der Waals surface area (Å²) in [5.74, 6) is 0.881. The summed E-state index contributed by atoms with van der Waals surface area (Å²) >= 11 is 0. The number of hydrogen-bond acceptors (Lipinski definition) is 3. The van der Waals surface area contributed by atoms with E-state index in [0.717, 1.165) is 29.1 Å². The van der Waals surface area contributed by atoms with E-state index in [9.17, 15) is 0 Å². The molecule has 3 heteroatoms. The number of nitrogens with zero attached hydrogens (tertiary/aromatic N) is 2. The van der Waals surface area contributed by atoms with Gasteiger partial charge in [0.25, 0.3) is 0 Å². The normalized spacial score (nSPS) is 10.4. The summed E-state index contributed by atoms with van der Waals surface area (Å²) in [5.41, 5.74) is 2.84. The fourth-order valence-corrected chi connectivity index (χ4v) is 1.42. The minimum absolute atomic E-state index is 0.869. The third kappa shape index (κ3) is 1.53. The highest BCUT2D eigenvalue weighted by Gasteiger charge is 2.02. The highest BCUT2D eigenvalue weighted by atomic mass is 15.0. The quantitative estimate of drug-likeness (QED) is 0.784. The molecule has 0 saturated carbocycles. The number of aryl methyl sites for hydroxylation is 1. The number of fused-ring (bicyclic) bond motifs is 1. The Kier molecular flexibility index (Phi) is 2.31. The average molecular weight is 187 g/mol. The van der Waals surface area contributed by atoms with Crippen molar-refractivity contribution in [1.29, 1.82) is 0 Å². The Morgan fingerprint density at radius 3 is 2.43 bits per heavy atom. The van der Waals surface area contributed by atoms with Crippen LogP contribution in [-0.4, -0.2) is 16.5 Å². The van der Waals surface area contributed by atoms with Crippen LogP contribution in [-0.2, 0) is 0 Å². The second kappa shape index (κ2) is 3.62. The lowest BCUT2D eigenvalue weighted by Gasteiger charge is -2.06. The maximum atomic E-state index is 4.49. The lowest BCUT2D eigenvalue weighted by molar-refractivity contribution is 1.11. The molecule has 1 aromatic heterocycles. The van der Waals surface area contributed by atoms with Crippen LogP contribution in [0, 0.1) is 6.92 Å². The van der Waals surface area contributed by atoms with Crippen molar-refractivity contribution in [3.8, 4) is 0 Å². The summed E-state index contributed by atoms with van der Waals surface area (Å²) in [4.78, 5) is 8.96. The molecule has 0 atom stereocenters. The van der Waals surface area contributed by atoms with Crippen molar-refractivity contribution >= 4 is 16.9 Å². The van der Waals surface area contributed by atoms with Crippen LogP contribution in [0.25, 0.3) is 11.0 Å². The number of nitrogens with one attached hydrogen (secondary N) is 1. The zero-order chi connectivity index (χ0) is 9.97. The summed E-state index contributed by atoms with van der Waals surface area (Å²) in [6.07, 6.45) is 0. The zero-order valence-electron chi connectivity index (χ0n) is 8.41. The minimum Gasteiger partial charge on any atom is -0.369 e. The molecule has 0 saturated heterocycles. The number of aromatic nitrogens is 2. The van der Waals surface area contributed by atoms with Crippen LogP contribution >= 0.6 is 0 Å². The number of anilines is 1. The van der Waals surface area contributed by atoms with E-state index in [1.165, 1.54) is 0 Å². The first-order valence-electron chi connectivity index (χ1n) is 4.78. The fraction of sp³-hybridized carbons (Fsp3) is 0.273. The lowest BCUT2D eigenvalue weighted by atomic mass is 10.3. The van der Waals surface area contributed by atoms with Gasteiger partial charge in [0.2, 0.25) is 0 Å². The van der Waals surface area contributed by atoms with Crippen LogP contribution in [0.5, 0.6) is 0 Å². The Balaban J connectivity index is 2.59. The molecule has 0 aliphatic heterocycles. The molecule has 2 aromatic rings. The van der Waals surface area contributed by atoms with Gasteiger partial charge in [-0.2, -0.15) is 0 Å². The van der Waals surface area contributed by atoms with E-state index in [0.29, 0.717) is 0 Å². The monoisotopic (exact) mass is 187 g/mol. The maximum Gasteiger partial charge on any atom is 0.148 e. The number of para-hydroxylation sites is 2. The van der Waals surface area contributed by atoms with Crippen molar-refractivity contribution in [2.24, 2.45) is 0 Å². The predicted octanol–water partition coefficient (Wildman–Crippen LogP) is 2.37. The zero-order valence-corrected chi connectivity index (χ0v) is 8.41. The Bertz CT molecular complexity index is 451. The molecule has 0 unspecified atom stereocenters. The summed E-state index contributed by atoms with van der Waals surface area (Å²) < 4.78 is 0. The molecule has 0 fully saturated rings. The van der Waals surface area contributed by atoms with Crippen LogP contribution < -0.4 is 5.32 Å². The van der Waals surface area contributed by atoms with Crippen LogP contribution in [0.15, 0.2) is 24.3 Å². The molecule has 0 aliphatic rings. The van der Waals surface area contributed by atoms with Gasteiger partial charge in [-0.25, -0.2) is 9.97 Å². The number of hydrogen-bond donors (Lipinski definition) is 1. The van der Waals surface area contributed by atoms with E-state index in [4.69, 9.17) is 0 Å². The summed E-state index contributed by atoms with van der Waals surface area (Å²) in [7, 11) is 0. The standard InChI is InChI=1S/C11H13N3/c1-3-12-11-8(2)13-9-6-4-5-7-10(9)14-11/h4-7H,3H2,1-2H3,(H,12,14). The van der Waals surface area contributed by atoms with Gasteiger partial charge in [0.05, 0.1) is 16.7 Å². The van der Waals surface area contributed by atoms with Crippen LogP contribution in [0.2, 0.25) is 0 Å². The first-order chi connectivity index (χ1) is 6.81.